The van der Waals surface area contributed by atoms with Gasteiger partial charge in [0, 0.05) is 18.2 Å². The number of rotatable bonds is 4. The van der Waals surface area contributed by atoms with E-state index in [0.717, 1.165) is 38.0 Å². The van der Waals surface area contributed by atoms with Crippen molar-refractivity contribution >= 4 is 0 Å². The average Bonchev–Trinajstić information content (AvgIpc) is 2.38. The molecule has 1 fully saturated rings. The summed E-state index contributed by atoms with van der Waals surface area (Å²) in [5.74, 6) is 0. The molecular formula is C14H20F2N2. The van der Waals surface area contributed by atoms with E-state index >= 15 is 0 Å². The Hall–Kier alpha value is -1.00. The Bertz CT molecular complexity index is 357. The van der Waals surface area contributed by atoms with Crippen molar-refractivity contribution in [3.05, 3.63) is 35.4 Å². The van der Waals surface area contributed by atoms with Crippen molar-refractivity contribution in [2.45, 2.75) is 31.9 Å². The van der Waals surface area contributed by atoms with Crippen LogP contribution in [0.15, 0.2) is 24.3 Å². The van der Waals surface area contributed by atoms with Gasteiger partial charge in [-0.05, 0) is 38.5 Å². The Morgan fingerprint density at radius 1 is 1.22 bits per heavy atom. The summed E-state index contributed by atoms with van der Waals surface area (Å²) >= 11 is 0. The van der Waals surface area contributed by atoms with E-state index in [1.165, 1.54) is 12.1 Å². The van der Waals surface area contributed by atoms with Crippen LogP contribution in [0.2, 0.25) is 0 Å². The third-order valence-corrected chi connectivity index (χ3v) is 3.55. The molecule has 18 heavy (non-hydrogen) atoms. The zero-order valence-electron chi connectivity index (χ0n) is 10.7. The standard InChI is InChI=1S/C14H20F2N2/c1-18-8-6-13(7-9-18)17-10-11-2-4-12(5-3-11)14(15)16/h2-5,13-14,17H,6-10H2,1H3. The monoisotopic (exact) mass is 254 g/mol. The van der Waals surface area contributed by atoms with Crippen molar-refractivity contribution in [1.82, 2.24) is 10.2 Å². The fourth-order valence-electron chi connectivity index (χ4n) is 2.26. The summed E-state index contributed by atoms with van der Waals surface area (Å²) in [7, 11) is 2.14. The van der Waals surface area contributed by atoms with E-state index in [4.69, 9.17) is 0 Å². The molecular weight excluding hydrogens is 234 g/mol. The number of nitrogens with one attached hydrogen (secondary N) is 1. The first kappa shape index (κ1) is 13.4. The van der Waals surface area contributed by atoms with Gasteiger partial charge in [-0.2, -0.15) is 0 Å². The van der Waals surface area contributed by atoms with Crippen LogP contribution in [0.25, 0.3) is 0 Å². The van der Waals surface area contributed by atoms with Gasteiger partial charge in [-0.25, -0.2) is 8.78 Å². The average molecular weight is 254 g/mol. The summed E-state index contributed by atoms with van der Waals surface area (Å²) in [4.78, 5) is 2.33. The fourth-order valence-corrected chi connectivity index (χ4v) is 2.26. The molecule has 1 aliphatic rings. The molecule has 0 atom stereocenters. The maximum Gasteiger partial charge on any atom is 0.263 e. The van der Waals surface area contributed by atoms with E-state index in [9.17, 15) is 8.78 Å². The van der Waals surface area contributed by atoms with Gasteiger partial charge in [0.2, 0.25) is 0 Å². The predicted molar refractivity (Wildman–Crippen MR) is 68.8 cm³/mol. The van der Waals surface area contributed by atoms with Crippen molar-refractivity contribution in [1.29, 1.82) is 0 Å². The summed E-state index contributed by atoms with van der Waals surface area (Å²) in [6.07, 6.45) is -0.0575. The molecule has 1 N–H and O–H groups in total. The molecule has 0 aliphatic carbocycles. The van der Waals surface area contributed by atoms with Crippen LogP contribution in [-0.2, 0) is 6.54 Å². The van der Waals surface area contributed by atoms with E-state index in [1.807, 2.05) is 0 Å². The molecule has 100 valence electrons. The zero-order chi connectivity index (χ0) is 13.0. The van der Waals surface area contributed by atoms with E-state index < -0.39 is 6.43 Å². The van der Waals surface area contributed by atoms with Gasteiger partial charge >= 0.3 is 0 Å². The molecule has 0 saturated carbocycles. The highest BCUT2D eigenvalue weighted by Crippen LogP contribution is 2.18. The largest absolute Gasteiger partial charge is 0.310 e. The minimum absolute atomic E-state index is 0.0954. The van der Waals surface area contributed by atoms with Crippen LogP contribution in [0.4, 0.5) is 8.78 Å². The SMILES string of the molecule is CN1CCC(NCc2ccc(C(F)F)cc2)CC1. The lowest BCUT2D eigenvalue weighted by Crippen LogP contribution is -2.40. The molecule has 2 rings (SSSR count). The first-order valence-corrected chi connectivity index (χ1v) is 6.44. The Balaban J connectivity index is 1.79. The molecule has 1 aromatic rings. The van der Waals surface area contributed by atoms with Crippen molar-refractivity contribution in [2.24, 2.45) is 0 Å². The molecule has 0 unspecified atom stereocenters. The molecule has 1 aliphatic heterocycles. The van der Waals surface area contributed by atoms with Gasteiger partial charge in [0.1, 0.15) is 0 Å². The van der Waals surface area contributed by atoms with Gasteiger partial charge in [0.15, 0.2) is 0 Å². The summed E-state index contributed by atoms with van der Waals surface area (Å²) in [5.41, 5.74) is 1.16. The van der Waals surface area contributed by atoms with Crippen LogP contribution in [0.1, 0.15) is 30.4 Å². The Morgan fingerprint density at radius 2 is 1.83 bits per heavy atom. The highest BCUT2D eigenvalue weighted by Gasteiger charge is 2.15. The van der Waals surface area contributed by atoms with Gasteiger partial charge < -0.3 is 10.2 Å². The minimum atomic E-state index is -2.37. The van der Waals surface area contributed by atoms with Gasteiger partial charge in [0.05, 0.1) is 0 Å². The molecule has 1 saturated heterocycles. The molecule has 2 nitrogen and oxygen atoms in total. The normalized spacial score (nSPS) is 18.4. The molecule has 0 bridgehead atoms. The van der Waals surface area contributed by atoms with Crippen LogP contribution in [-0.4, -0.2) is 31.1 Å². The highest BCUT2D eigenvalue weighted by molar-refractivity contribution is 5.23. The lowest BCUT2D eigenvalue weighted by atomic mass is 10.0. The van der Waals surface area contributed by atoms with Gasteiger partial charge in [0.25, 0.3) is 6.43 Å². The predicted octanol–water partition coefficient (Wildman–Crippen LogP) is 2.81. The number of halogens is 2. The Morgan fingerprint density at radius 3 is 2.39 bits per heavy atom. The highest BCUT2D eigenvalue weighted by atomic mass is 19.3. The number of hydrogen-bond acceptors (Lipinski definition) is 2. The second kappa shape index (κ2) is 6.25. The first-order chi connectivity index (χ1) is 8.65. The van der Waals surface area contributed by atoms with Gasteiger partial charge in [-0.15, -0.1) is 0 Å². The lowest BCUT2D eigenvalue weighted by molar-refractivity contribution is 0.151. The van der Waals surface area contributed by atoms with Crippen molar-refractivity contribution < 1.29 is 8.78 Å². The molecule has 0 amide bonds. The summed E-state index contributed by atoms with van der Waals surface area (Å²) in [6, 6.07) is 7.13. The molecule has 4 heteroatoms. The number of benzene rings is 1. The van der Waals surface area contributed by atoms with Crippen molar-refractivity contribution in [3.63, 3.8) is 0 Å². The lowest BCUT2D eigenvalue weighted by Gasteiger charge is -2.29. The number of alkyl halides is 2. The Kier molecular flexibility index (Phi) is 4.66. The molecule has 1 heterocycles. The smallest absolute Gasteiger partial charge is 0.263 e. The zero-order valence-corrected chi connectivity index (χ0v) is 10.7. The van der Waals surface area contributed by atoms with Crippen LogP contribution in [0.5, 0.6) is 0 Å². The van der Waals surface area contributed by atoms with Crippen LogP contribution >= 0.6 is 0 Å². The minimum Gasteiger partial charge on any atom is -0.310 e. The van der Waals surface area contributed by atoms with E-state index in [-0.39, 0.29) is 5.56 Å². The third kappa shape index (κ3) is 3.75. The van der Waals surface area contributed by atoms with E-state index in [0.29, 0.717) is 6.04 Å². The van der Waals surface area contributed by atoms with E-state index in [2.05, 4.69) is 17.3 Å². The summed E-state index contributed by atoms with van der Waals surface area (Å²) in [5, 5.41) is 3.49. The fraction of sp³-hybridized carbons (Fsp3) is 0.571. The number of hydrogen-bond donors (Lipinski definition) is 1. The first-order valence-electron chi connectivity index (χ1n) is 6.44. The topological polar surface area (TPSA) is 15.3 Å². The molecule has 0 aromatic heterocycles. The third-order valence-electron chi connectivity index (χ3n) is 3.55. The van der Waals surface area contributed by atoms with Crippen LogP contribution in [0.3, 0.4) is 0 Å². The summed E-state index contributed by atoms with van der Waals surface area (Å²) in [6.45, 7) is 3.02. The van der Waals surface area contributed by atoms with Crippen molar-refractivity contribution in [2.75, 3.05) is 20.1 Å². The maximum atomic E-state index is 12.4. The number of nitrogens with zero attached hydrogens (tertiary/aromatic N) is 1. The van der Waals surface area contributed by atoms with Crippen molar-refractivity contribution in [3.8, 4) is 0 Å². The quantitative estimate of drug-likeness (QED) is 0.889. The summed E-state index contributed by atoms with van der Waals surface area (Å²) < 4.78 is 24.8. The maximum absolute atomic E-state index is 12.4. The Labute approximate surface area is 107 Å². The second-order valence-corrected chi connectivity index (χ2v) is 5.00. The number of likely N-dealkylation sites (tertiary alicyclic amines) is 1. The molecule has 1 aromatic carbocycles. The molecule has 0 spiro atoms. The second-order valence-electron chi connectivity index (χ2n) is 5.00. The van der Waals surface area contributed by atoms with Crippen LogP contribution < -0.4 is 5.32 Å². The number of piperidine rings is 1. The molecule has 0 radical (unpaired) electrons. The van der Waals surface area contributed by atoms with Gasteiger partial charge in [-0.3, -0.25) is 0 Å². The van der Waals surface area contributed by atoms with Crippen LogP contribution in [0, 0.1) is 0 Å². The van der Waals surface area contributed by atoms with E-state index in [1.54, 1.807) is 12.1 Å². The van der Waals surface area contributed by atoms with Gasteiger partial charge in [-0.1, -0.05) is 24.3 Å².